The Morgan fingerprint density at radius 3 is 2.08 bits per heavy atom. The van der Waals surface area contributed by atoms with Crippen molar-refractivity contribution in [3.8, 4) is 17.0 Å². The summed E-state index contributed by atoms with van der Waals surface area (Å²) >= 11 is 5.56. The maximum absolute atomic E-state index is 11.9. The van der Waals surface area contributed by atoms with Crippen LogP contribution < -0.4 is 16.2 Å². The van der Waals surface area contributed by atoms with Gasteiger partial charge in [-0.1, -0.05) is 35.9 Å². The number of pyridine rings is 2. The number of nitrogens with two attached hydrogens (primary N) is 2. The van der Waals surface area contributed by atoms with Gasteiger partial charge in [0.2, 0.25) is 0 Å². The second-order valence-corrected chi connectivity index (χ2v) is 8.32. The van der Waals surface area contributed by atoms with Crippen molar-refractivity contribution in [1.82, 2.24) is 9.97 Å². The van der Waals surface area contributed by atoms with Gasteiger partial charge < -0.3 is 30.4 Å². The highest BCUT2D eigenvalue weighted by Gasteiger charge is 2.15. The highest BCUT2D eigenvalue weighted by atomic mass is 35.5. The third-order valence-electron chi connectivity index (χ3n) is 5.28. The summed E-state index contributed by atoms with van der Waals surface area (Å²) in [5.41, 5.74) is 14.2. The average Bonchev–Trinajstić information content (AvgIpc) is 2.92. The average molecular weight is 553 g/mol. The molecule has 39 heavy (non-hydrogen) atoms. The molecule has 2 aromatic heterocycles. The quantitative estimate of drug-likeness (QED) is 0.171. The molecule has 0 aliphatic rings. The first-order valence-corrected chi connectivity index (χ1v) is 12.3. The summed E-state index contributed by atoms with van der Waals surface area (Å²) in [7, 11) is 1.57. The number of hydrogen-bond acceptors (Lipinski definition) is 10. The van der Waals surface area contributed by atoms with Crippen LogP contribution in [0, 0.1) is 0 Å². The Kier molecular flexibility index (Phi) is 10.4. The molecular formula is C28H29ClN4O6. The molecule has 0 unspecified atom stereocenters. The summed E-state index contributed by atoms with van der Waals surface area (Å²) in [6.07, 6.45) is 2.75. The van der Waals surface area contributed by atoms with E-state index in [1.807, 2.05) is 36.4 Å². The number of hydrogen-bond donors (Lipinski definition) is 2. The van der Waals surface area contributed by atoms with Crippen molar-refractivity contribution < 1.29 is 28.5 Å². The molecule has 0 aliphatic heterocycles. The lowest BCUT2D eigenvalue weighted by atomic mass is 10.0. The molecule has 10 nitrogen and oxygen atoms in total. The van der Waals surface area contributed by atoms with Crippen molar-refractivity contribution in [2.75, 3.05) is 38.6 Å². The summed E-state index contributed by atoms with van der Waals surface area (Å²) in [4.78, 5) is 31.3. The monoisotopic (exact) mass is 552 g/mol. The molecule has 0 atom stereocenters. The molecule has 204 valence electrons. The minimum atomic E-state index is -0.482. The number of ether oxygens (including phenoxy) is 4. The zero-order valence-electron chi connectivity index (χ0n) is 21.8. The van der Waals surface area contributed by atoms with Crippen molar-refractivity contribution in [1.29, 1.82) is 0 Å². The molecule has 0 radical (unpaired) electrons. The van der Waals surface area contributed by atoms with Gasteiger partial charge in [-0.2, -0.15) is 0 Å². The molecular weight excluding hydrogens is 524 g/mol. The summed E-state index contributed by atoms with van der Waals surface area (Å²) in [5.74, 6) is -0.300. The number of esters is 2. The zero-order valence-corrected chi connectivity index (χ0v) is 22.5. The van der Waals surface area contributed by atoms with Gasteiger partial charge in [-0.3, -0.25) is 4.98 Å². The summed E-state index contributed by atoms with van der Waals surface area (Å²) in [5, 5.41) is 2.27. The van der Waals surface area contributed by atoms with Gasteiger partial charge in [-0.05, 0) is 48.9 Å². The highest BCUT2D eigenvalue weighted by molar-refractivity contribution is 6.29. The van der Waals surface area contributed by atoms with E-state index < -0.39 is 11.9 Å². The SMILES string of the molecule is CCOC(=O)c1cnc(-c2cc(OCOC)cc3ccccc23)cc1N.CCOC(=O)c1cnc(Cl)cc1N. The van der Waals surface area contributed by atoms with Gasteiger partial charge >= 0.3 is 11.9 Å². The van der Waals surface area contributed by atoms with Gasteiger partial charge in [0.25, 0.3) is 0 Å². The van der Waals surface area contributed by atoms with Crippen LogP contribution in [-0.4, -0.2) is 49.0 Å². The van der Waals surface area contributed by atoms with Crippen LogP contribution in [0.4, 0.5) is 11.4 Å². The first-order valence-electron chi connectivity index (χ1n) is 11.9. The topological polar surface area (TPSA) is 149 Å². The first kappa shape index (κ1) is 29.2. The lowest BCUT2D eigenvalue weighted by molar-refractivity contribution is 0.0511. The van der Waals surface area contributed by atoms with Gasteiger partial charge in [0, 0.05) is 30.8 Å². The van der Waals surface area contributed by atoms with Crippen LogP contribution in [0.15, 0.2) is 60.9 Å². The molecule has 0 saturated heterocycles. The minimum absolute atomic E-state index is 0.148. The fourth-order valence-electron chi connectivity index (χ4n) is 3.53. The lowest BCUT2D eigenvalue weighted by Gasteiger charge is -2.12. The van der Waals surface area contributed by atoms with Crippen molar-refractivity contribution in [2.24, 2.45) is 0 Å². The number of aromatic nitrogens is 2. The van der Waals surface area contributed by atoms with E-state index >= 15 is 0 Å². The van der Waals surface area contributed by atoms with E-state index in [1.54, 1.807) is 27.0 Å². The fourth-order valence-corrected chi connectivity index (χ4v) is 3.69. The van der Waals surface area contributed by atoms with Crippen LogP contribution in [-0.2, 0) is 14.2 Å². The van der Waals surface area contributed by atoms with Gasteiger partial charge in [0.1, 0.15) is 22.0 Å². The number of benzene rings is 2. The number of rotatable bonds is 8. The van der Waals surface area contributed by atoms with E-state index in [1.165, 1.54) is 18.5 Å². The van der Waals surface area contributed by atoms with E-state index in [0.717, 1.165) is 16.3 Å². The molecule has 4 aromatic rings. The van der Waals surface area contributed by atoms with Crippen LogP contribution in [0.1, 0.15) is 34.6 Å². The molecule has 4 rings (SSSR count). The number of carbonyl (C=O) groups excluding carboxylic acids is 2. The molecule has 0 saturated carbocycles. The molecule has 2 aromatic carbocycles. The van der Waals surface area contributed by atoms with Crippen LogP contribution in [0.5, 0.6) is 5.75 Å². The fraction of sp³-hybridized carbons (Fsp3) is 0.214. The number of fused-ring (bicyclic) bond motifs is 1. The third kappa shape index (κ3) is 7.56. The second-order valence-electron chi connectivity index (χ2n) is 7.93. The molecule has 11 heteroatoms. The number of nitrogen functional groups attached to an aromatic ring is 2. The Bertz CT molecular complexity index is 1460. The van der Waals surface area contributed by atoms with E-state index in [4.69, 9.17) is 42.0 Å². The summed E-state index contributed by atoms with van der Waals surface area (Å²) in [6.45, 7) is 4.20. The van der Waals surface area contributed by atoms with Crippen molar-refractivity contribution >= 4 is 45.7 Å². The van der Waals surface area contributed by atoms with E-state index in [0.29, 0.717) is 23.7 Å². The number of nitrogens with zero attached hydrogens (tertiary/aromatic N) is 2. The van der Waals surface area contributed by atoms with Crippen LogP contribution in [0.2, 0.25) is 5.15 Å². The Balaban J connectivity index is 0.000000272. The normalized spacial score (nSPS) is 10.4. The van der Waals surface area contributed by atoms with Crippen molar-refractivity contribution in [3.63, 3.8) is 0 Å². The highest BCUT2D eigenvalue weighted by Crippen LogP contribution is 2.33. The third-order valence-corrected chi connectivity index (χ3v) is 5.49. The lowest BCUT2D eigenvalue weighted by Crippen LogP contribution is -2.09. The largest absolute Gasteiger partial charge is 0.468 e. The Labute approximate surface area is 230 Å². The van der Waals surface area contributed by atoms with Crippen LogP contribution in [0.3, 0.4) is 0 Å². The maximum atomic E-state index is 11.9. The number of methoxy groups -OCH3 is 1. The molecule has 0 spiro atoms. The Morgan fingerprint density at radius 2 is 1.49 bits per heavy atom. The number of anilines is 2. The van der Waals surface area contributed by atoms with E-state index in [-0.39, 0.29) is 35.4 Å². The van der Waals surface area contributed by atoms with Crippen molar-refractivity contribution in [3.05, 3.63) is 77.2 Å². The van der Waals surface area contributed by atoms with Crippen LogP contribution in [0.25, 0.3) is 22.0 Å². The second kappa shape index (κ2) is 13.9. The first-order chi connectivity index (χ1) is 18.8. The van der Waals surface area contributed by atoms with E-state index in [9.17, 15) is 9.59 Å². The molecule has 0 aliphatic carbocycles. The van der Waals surface area contributed by atoms with Gasteiger partial charge in [0.05, 0.1) is 24.6 Å². The van der Waals surface area contributed by atoms with Gasteiger partial charge in [-0.15, -0.1) is 0 Å². The van der Waals surface area contributed by atoms with Gasteiger partial charge in [0.15, 0.2) is 6.79 Å². The van der Waals surface area contributed by atoms with Crippen LogP contribution >= 0.6 is 11.6 Å². The predicted octanol–water partition coefficient (Wildman–Crippen LogP) is 5.14. The molecule has 0 bridgehead atoms. The maximum Gasteiger partial charge on any atom is 0.341 e. The Hall–Kier alpha value is -4.41. The molecule has 4 N–H and O–H groups in total. The predicted molar refractivity (Wildman–Crippen MR) is 150 cm³/mol. The summed E-state index contributed by atoms with van der Waals surface area (Å²) < 4.78 is 20.3. The standard InChI is InChI=1S/C20H20N2O4.C8H9ClN2O2/c1-3-25-20(23)17-11-22-19(10-18(17)21)16-9-14(26-12-24-2)8-13-6-4-5-7-15(13)16;1-2-13-8(12)5-4-11-7(9)3-6(5)10/h4-11H,3,12H2,1-2H3,(H2,21,22);3-4H,2H2,1H3,(H2,10,11). The minimum Gasteiger partial charge on any atom is -0.468 e. The summed E-state index contributed by atoms with van der Waals surface area (Å²) in [6, 6.07) is 14.8. The van der Waals surface area contributed by atoms with Crippen molar-refractivity contribution in [2.45, 2.75) is 13.8 Å². The van der Waals surface area contributed by atoms with E-state index in [2.05, 4.69) is 9.97 Å². The molecule has 0 fully saturated rings. The number of halogens is 1. The smallest absolute Gasteiger partial charge is 0.341 e. The zero-order chi connectivity index (χ0) is 28.4. The number of carbonyl (C=O) groups is 2. The molecule has 0 amide bonds. The molecule has 2 heterocycles. The van der Waals surface area contributed by atoms with Gasteiger partial charge in [-0.25, -0.2) is 14.6 Å². The Morgan fingerprint density at radius 1 is 0.872 bits per heavy atom.